The van der Waals surface area contributed by atoms with E-state index in [0.29, 0.717) is 6.54 Å². The number of aromatic nitrogens is 2. The first-order chi connectivity index (χ1) is 11.1. The van der Waals surface area contributed by atoms with E-state index in [4.69, 9.17) is 0 Å². The summed E-state index contributed by atoms with van der Waals surface area (Å²) in [6.07, 6.45) is 7.42. The third-order valence-corrected chi connectivity index (χ3v) is 5.44. The van der Waals surface area contributed by atoms with Gasteiger partial charge in [-0.15, -0.1) is 6.58 Å². The quantitative estimate of drug-likeness (QED) is 0.768. The maximum Gasteiger partial charge on any atom is 0.243 e. The maximum absolute atomic E-state index is 13.0. The van der Waals surface area contributed by atoms with E-state index >= 15 is 0 Å². The van der Waals surface area contributed by atoms with Gasteiger partial charge in [-0.05, 0) is 19.9 Å². The number of likely N-dealkylation sites (tertiary alicyclic amines) is 1. The van der Waals surface area contributed by atoms with Gasteiger partial charge in [-0.3, -0.25) is 14.6 Å². The van der Waals surface area contributed by atoms with Crippen LogP contribution in [0.15, 0.2) is 25.0 Å². The summed E-state index contributed by atoms with van der Waals surface area (Å²) in [6, 6.07) is 0. The second-order valence-electron chi connectivity index (χ2n) is 6.72. The first-order valence-corrected chi connectivity index (χ1v) is 8.37. The number of imidazole rings is 1. The first-order valence-electron chi connectivity index (χ1n) is 8.37. The molecule has 23 heavy (non-hydrogen) atoms. The Morgan fingerprint density at radius 3 is 2.61 bits per heavy atom. The predicted molar refractivity (Wildman–Crippen MR) is 89.9 cm³/mol. The van der Waals surface area contributed by atoms with Crippen LogP contribution in [0.4, 0.5) is 0 Å². The number of carbonyl (C=O) groups is 1. The normalized spacial score (nSPS) is 22.7. The van der Waals surface area contributed by atoms with E-state index in [0.717, 1.165) is 51.4 Å². The first kappa shape index (κ1) is 16.2. The number of piperazine rings is 1. The van der Waals surface area contributed by atoms with Gasteiger partial charge < -0.3 is 9.47 Å². The molecule has 6 nitrogen and oxygen atoms in total. The van der Waals surface area contributed by atoms with Gasteiger partial charge >= 0.3 is 0 Å². The largest absolute Gasteiger partial charge is 0.337 e. The van der Waals surface area contributed by atoms with E-state index < -0.39 is 0 Å². The van der Waals surface area contributed by atoms with Crippen LogP contribution in [-0.2, 0) is 18.4 Å². The standard InChI is InChI=1S/C17H27N5O/c1-4-8-22-13-12-20(3)17(16(22)23)5-9-21(10-6-17)14-15-18-7-11-19(15)2/h4,7,11H,1,5-6,8-10,12-14H2,2-3H3. The van der Waals surface area contributed by atoms with E-state index in [1.807, 2.05) is 30.4 Å². The fourth-order valence-electron chi connectivity index (χ4n) is 3.80. The Morgan fingerprint density at radius 1 is 1.26 bits per heavy atom. The molecule has 2 saturated heterocycles. The number of hydrogen-bond acceptors (Lipinski definition) is 4. The number of piperidine rings is 1. The van der Waals surface area contributed by atoms with Crippen LogP contribution in [0, 0.1) is 0 Å². The van der Waals surface area contributed by atoms with Crippen LogP contribution in [0.3, 0.4) is 0 Å². The second kappa shape index (κ2) is 6.45. The lowest BCUT2D eigenvalue weighted by Crippen LogP contribution is -2.67. The molecule has 2 fully saturated rings. The Hall–Kier alpha value is -1.66. The van der Waals surface area contributed by atoms with Gasteiger partial charge in [-0.25, -0.2) is 4.98 Å². The second-order valence-corrected chi connectivity index (χ2v) is 6.72. The van der Waals surface area contributed by atoms with Crippen molar-refractivity contribution in [3.8, 4) is 0 Å². The van der Waals surface area contributed by atoms with Gasteiger partial charge in [0.25, 0.3) is 0 Å². The number of carbonyl (C=O) groups excluding carboxylic acids is 1. The van der Waals surface area contributed by atoms with Crippen LogP contribution in [0.5, 0.6) is 0 Å². The van der Waals surface area contributed by atoms with E-state index in [1.54, 1.807) is 0 Å². The van der Waals surface area contributed by atoms with Gasteiger partial charge in [0.15, 0.2) is 0 Å². The van der Waals surface area contributed by atoms with Crippen LogP contribution >= 0.6 is 0 Å². The highest BCUT2D eigenvalue weighted by Gasteiger charge is 2.48. The topological polar surface area (TPSA) is 44.6 Å². The fourth-order valence-corrected chi connectivity index (χ4v) is 3.80. The van der Waals surface area contributed by atoms with Crippen molar-refractivity contribution >= 4 is 5.91 Å². The summed E-state index contributed by atoms with van der Waals surface area (Å²) in [6.45, 7) is 8.91. The molecule has 1 aromatic heterocycles. The molecule has 0 N–H and O–H groups in total. The molecular formula is C17H27N5O. The van der Waals surface area contributed by atoms with E-state index in [-0.39, 0.29) is 11.4 Å². The van der Waals surface area contributed by atoms with Crippen LogP contribution in [0.1, 0.15) is 18.7 Å². The minimum absolute atomic E-state index is 0.280. The van der Waals surface area contributed by atoms with Crippen molar-refractivity contribution in [2.45, 2.75) is 24.9 Å². The Labute approximate surface area is 138 Å². The zero-order chi connectivity index (χ0) is 16.4. The van der Waals surface area contributed by atoms with Crippen molar-refractivity contribution in [2.24, 2.45) is 7.05 Å². The summed E-state index contributed by atoms with van der Waals surface area (Å²) in [4.78, 5) is 24.0. The summed E-state index contributed by atoms with van der Waals surface area (Å²) >= 11 is 0. The highest BCUT2D eigenvalue weighted by atomic mass is 16.2. The fraction of sp³-hybridized carbons (Fsp3) is 0.647. The molecule has 1 aromatic rings. The molecule has 0 aliphatic carbocycles. The van der Waals surface area contributed by atoms with Crippen LogP contribution < -0.4 is 0 Å². The molecule has 1 spiro atoms. The number of rotatable bonds is 4. The van der Waals surface area contributed by atoms with Crippen LogP contribution in [0.2, 0.25) is 0 Å². The number of hydrogen-bond donors (Lipinski definition) is 0. The molecule has 2 aliphatic rings. The van der Waals surface area contributed by atoms with Gasteiger partial charge in [0, 0.05) is 52.2 Å². The zero-order valence-corrected chi connectivity index (χ0v) is 14.2. The van der Waals surface area contributed by atoms with Gasteiger partial charge in [-0.2, -0.15) is 0 Å². The van der Waals surface area contributed by atoms with Gasteiger partial charge in [0.05, 0.1) is 6.54 Å². The summed E-state index contributed by atoms with van der Waals surface area (Å²) in [5, 5.41) is 0. The highest BCUT2D eigenvalue weighted by molar-refractivity contribution is 5.87. The summed E-state index contributed by atoms with van der Waals surface area (Å²) in [5.41, 5.74) is -0.320. The lowest BCUT2D eigenvalue weighted by atomic mass is 9.82. The molecule has 6 heteroatoms. The molecule has 126 valence electrons. The van der Waals surface area contributed by atoms with Crippen molar-refractivity contribution in [1.29, 1.82) is 0 Å². The van der Waals surface area contributed by atoms with Crippen molar-refractivity contribution in [3.63, 3.8) is 0 Å². The number of amides is 1. The Balaban J connectivity index is 1.67. The van der Waals surface area contributed by atoms with Gasteiger partial charge in [0.1, 0.15) is 11.4 Å². The SMILES string of the molecule is C=CCN1CCN(C)C2(CCN(Cc3nccn3C)CC2)C1=O. The Morgan fingerprint density at radius 2 is 2.00 bits per heavy atom. The zero-order valence-electron chi connectivity index (χ0n) is 14.2. The molecule has 0 bridgehead atoms. The van der Waals surface area contributed by atoms with Crippen molar-refractivity contribution < 1.29 is 4.79 Å². The van der Waals surface area contributed by atoms with E-state index in [9.17, 15) is 4.79 Å². The van der Waals surface area contributed by atoms with E-state index in [1.165, 1.54) is 0 Å². The highest BCUT2D eigenvalue weighted by Crippen LogP contribution is 2.33. The molecule has 0 radical (unpaired) electrons. The summed E-state index contributed by atoms with van der Waals surface area (Å²) in [7, 11) is 4.12. The number of likely N-dealkylation sites (N-methyl/N-ethyl adjacent to an activating group) is 1. The van der Waals surface area contributed by atoms with Gasteiger partial charge in [0.2, 0.25) is 5.91 Å². The monoisotopic (exact) mass is 317 g/mol. The third-order valence-electron chi connectivity index (χ3n) is 5.44. The lowest BCUT2D eigenvalue weighted by Gasteiger charge is -2.51. The molecule has 0 aromatic carbocycles. The Kier molecular flexibility index (Phi) is 4.55. The number of aryl methyl sites for hydroxylation is 1. The molecule has 0 atom stereocenters. The predicted octanol–water partition coefficient (Wildman–Crippen LogP) is 0.715. The molecule has 2 aliphatic heterocycles. The smallest absolute Gasteiger partial charge is 0.243 e. The molecule has 0 saturated carbocycles. The molecule has 3 rings (SSSR count). The average molecular weight is 317 g/mol. The van der Waals surface area contributed by atoms with Crippen LogP contribution in [0.25, 0.3) is 0 Å². The summed E-state index contributed by atoms with van der Waals surface area (Å²) < 4.78 is 2.06. The van der Waals surface area contributed by atoms with Crippen LogP contribution in [-0.4, -0.2) is 75.5 Å². The molecule has 0 unspecified atom stereocenters. The van der Waals surface area contributed by atoms with Gasteiger partial charge in [-0.1, -0.05) is 6.08 Å². The Bertz CT molecular complexity index is 573. The molecule has 3 heterocycles. The lowest BCUT2D eigenvalue weighted by molar-refractivity contribution is -0.153. The third kappa shape index (κ3) is 2.93. The molecule has 1 amide bonds. The van der Waals surface area contributed by atoms with E-state index in [2.05, 4.69) is 33.0 Å². The van der Waals surface area contributed by atoms with Crippen molar-refractivity contribution in [1.82, 2.24) is 24.3 Å². The van der Waals surface area contributed by atoms with Crippen molar-refractivity contribution in [3.05, 3.63) is 30.9 Å². The number of nitrogens with zero attached hydrogens (tertiary/aromatic N) is 5. The van der Waals surface area contributed by atoms with Crippen molar-refractivity contribution in [2.75, 3.05) is 39.8 Å². The molecular weight excluding hydrogens is 290 g/mol. The maximum atomic E-state index is 13.0. The average Bonchev–Trinajstić information content (AvgIpc) is 2.95. The summed E-state index contributed by atoms with van der Waals surface area (Å²) in [5.74, 6) is 1.36. The minimum Gasteiger partial charge on any atom is -0.337 e. The minimum atomic E-state index is -0.320.